The third-order valence-electron chi connectivity index (χ3n) is 2.82. The van der Waals surface area contributed by atoms with Gasteiger partial charge in [-0.15, -0.1) is 0 Å². The number of carbonyl (C=O) groups excluding carboxylic acids is 1. The lowest BCUT2D eigenvalue weighted by molar-refractivity contribution is 0.0732. The highest BCUT2D eigenvalue weighted by molar-refractivity contribution is 5.92. The molecule has 0 bridgehead atoms. The van der Waals surface area contributed by atoms with Crippen LogP contribution in [0.2, 0.25) is 0 Å². The second kappa shape index (κ2) is 5.82. The van der Waals surface area contributed by atoms with Gasteiger partial charge in [-0.05, 0) is 32.4 Å². The Morgan fingerprint density at radius 1 is 1.65 bits per heavy atom. The minimum absolute atomic E-state index is 0.0240. The van der Waals surface area contributed by atoms with Crippen LogP contribution < -0.4 is 5.73 Å². The molecule has 0 saturated heterocycles. The van der Waals surface area contributed by atoms with Crippen molar-refractivity contribution in [2.45, 2.75) is 20.8 Å². The molecule has 96 valence electrons. The fourth-order valence-electron chi connectivity index (χ4n) is 1.78. The largest absolute Gasteiger partial charge is 0.337 e. The van der Waals surface area contributed by atoms with E-state index in [2.05, 4.69) is 5.10 Å². The predicted molar refractivity (Wildman–Crippen MR) is 67.7 cm³/mol. The van der Waals surface area contributed by atoms with Crippen LogP contribution in [0.3, 0.4) is 0 Å². The first kappa shape index (κ1) is 13.7. The van der Waals surface area contributed by atoms with E-state index in [4.69, 9.17) is 5.73 Å². The van der Waals surface area contributed by atoms with Crippen LogP contribution in [0.4, 0.5) is 0 Å². The van der Waals surface area contributed by atoms with Crippen molar-refractivity contribution in [2.24, 2.45) is 18.7 Å². The third kappa shape index (κ3) is 3.30. The lowest BCUT2D eigenvalue weighted by atomic mass is 10.1. The highest BCUT2D eigenvalue weighted by Crippen LogP contribution is 2.08. The van der Waals surface area contributed by atoms with Gasteiger partial charge in [-0.25, -0.2) is 0 Å². The zero-order valence-electron chi connectivity index (χ0n) is 11.1. The summed E-state index contributed by atoms with van der Waals surface area (Å²) in [4.78, 5) is 14.1. The molecule has 1 aromatic rings. The first-order valence-corrected chi connectivity index (χ1v) is 5.99. The second-order valence-corrected chi connectivity index (χ2v) is 4.48. The number of nitrogens with zero attached hydrogens (tertiary/aromatic N) is 3. The average Bonchev–Trinajstić information content (AvgIpc) is 2.64. The predicted octanol–water partition coefficient (Wildman–Crippen LogP) is 0.785. The van der Waals surface area contributed by atoms with Crippen LogP contribution in [-0.2, 0) is 7.05 Å². The zero-order chi connectivity index (χ0) is 13.0. The van der Waals surface area contributed by atoms with E-state index in [0.29, 0.717) is 31.2 Å². The normalized spacial score (nSPS) is 12.5. The van der Waals surface area contributed by atoms with Crippen LogP contribution >= 0.6 is 0 Å². The molecular formula is C12H22N4O. The molecule has 1 atom stereocenters. The first-order valence-electron chi connectivity index (χ1n) is 5.99. The summed E-state index contributed by atoms with van der Waals surface area (Å²) in [7, 11) is 1.79. The van der Waals surface area contributed by atoms with E-state index in [1.165, 1.54) is 0 Å². The smallest absolute Gasteiger partial charge is 0.272 e. The fraction of sp³-hybridized carbons (Fsp3) is 0.667. The van der Waals surface area contributed by atoms with Gasteiger partial charge in [0.2, 0.25) is 0 Å². The minimum Gasteiger partial charge on any atom is -0.337 e. The van der Waals surface area contributed by atoms with Crippen molar-refractivity contribution in [1.29, 1.82) is 0 Å². The number of hydrogen-bond donors (Lipinski definition) is 1. The molecule has 2 N–H and O–H groups in total. The monoisotopic (exact) mass is 238 g/mol. The van der Waals surface area contributed by atoms with Gasteiger partial charge in [0.15, 0.2) is 0 Å². The Kier molecular flexibility index (Phi) is 4.69. The van der Waals surface area contributed by atoms with Crippen LogP contribution in [0.15, 0.2) is 6.07 Å². The van der Waals surface area contributed by atoms with Gasteiger partial charge >= 0.3 is 0 Å². The number of nitrogens with two attached hydrogens (primary N) is 1. The van der Waals surface area contributed by atoms with Crippen molar-refractivity contribution in [3.05, 3.63) is 17.5 Å². The molecule has 1 heterocycles. The zero-order valence-corrected chi connectivity index (χ0v) is 11.1. The van der Waals surface area contributed by atoms with E-state index < -0.39 is 0 Å². The summed E-state index contributed by atoms with van der Waals surface area (Å²) in [6.07, 6.45) is 0. The summed E-state index contributed by atoms with van der Waals surface area (Å²) in [5.74, 6) is 0.337. The molecule has 1 rings (SSSR count). The molecule has 1 aromatic heterocycles. The van der Waals surface area contributed by atoms with Gasteiger partial charge in [0, 0.05) is 20.1 Å². The molecule has 0 fully saturated rings. The molecule has 5 heteroatoms. The number of carbonyl (C=O) groups is 1. The van der Waals surface area contributed by atoms with Crippen molar-refractivity contribution in [2.75, 3.05) is 19.6 Å². The lowest BCUT2D eigenvalue weighted by Crippen LogP contribution is -2.37. The van der Waals surface area contributed by atoms with E-state index in [1.54, 1.807) is 11.7 Å². The Hall–Kier alpha value is -1.36. The van der Waals surface area contributed by atoms with E-state index in [9.17, 15) is 4.79 Å². The Labute approximate surface area is 103 Å². The molecule has 0 spiro atoms. The van der Waals surface area contributed by atoms with E-state index in [0.717, 1.165) is 5.69 Å². The maximum absolute atomic E-state index is 12.3. The van der Waals surface area contributed by atoms with Gasteiger partial charge in [-0.2, -0.15) is 5.10 Å². The number of hydrogen-bond acceptors (Lipinski definition) is 3. The summed E-state index contributed by atoms with van der Waals surface area (Å²) < 4.78 is 1.63. The van der Waals surface area contributed by atoms with Gasteiger partial charge in [-0.3, -0.25) is 9.48 Å². The Morgan fingerprint density at radius 3 is 2.71 bits per heavy atom. The van der Waals surface area contributed by atoms with Crippen LogP contribution in [-0.4, -0.2) is 40.2 Å². The van der Waals surface area contributed by atoms with E-state index >= 15 is 0 Å². The molecular weight excluding hydrogens is 216 g/mol. The number of rotatable bonds is 5. The maximum Gasteiger partial charge on any atom is 0.272 e. The molecule has 0 aliphatic rings. The van der Waals surface area contributed by atoms with E-state index in [1.807, 2.05) is 31.7 Å². The van der Waals surface area contributed by atoms with Crippen LogP contribution in [0, 0.1) is 12.8 Å². The highest BCUT2D eigenvalue weighted by atomic mass is 16.2. The molecule has 5 nitrogen and oxygen atoms in total. The standard InChI is InChI=1S/C12H22N4O/c1-5-16(8-9(2)7-13)12(17)11-6-10(3)14-15(11)4/h6,9H,5,7-8,13H2,1-4H3. The Bertz CT molecular complexity index is 386. The highest BCUT2D eigenvalue weighted by Gasteiger charge is 2.19. The number of amides is 1. The quantitative estimate of drug-likeness (QED) is 0.824. The maximum atomic E-state index is 12.3. The van der Waals surface area contributed by atoms with Gasteiger partial charge < -0.3 is 10.6 Å². The lowest BCUT2D eigenvalue weighted by Gasteiger charge is -2.23. The Morgan fingerprint density at radius 2 is 2.29 bits per heavy atom. The molecule has 0 aliphatic heterocycles. The molecule has 17 heavy (non-hydrogen) atoms. The summed E-state index contributed by atoms with van der Waals surface area (Å²) >= 11 is 0. The van der Waals surface area contributed by atoms with Gasteiger partial charge in [-0.1, -0.05) is 6.92 Å². The van der Waals surface area contributed by atoms with Crippen molar-refractivity contribution < 1.29 is 4.79 Å². The molecule has 0 aromatic carbocycles. The van der Waals surface area contributed by atoms with Gasteiger partial charge in [0.25, 0.3) is 5.91 Å². The molecule has 1 unspecified atom stereocenters. The Balaban J connectivity index is 2.82. The van der Waals surface area contributed by atoms with Gasteiger partial charge in [0.1, 0.15) is 5.69 Å². The summed E-state index contributed by atoms with van der Waals surface area (Å²) in [6.45, 7) is 7.88. The number of aromatic nitrogens is 2. The molecule has 0 saturated carbocycles. The first-order chi connectivity index (χ1) is 7.99. The van der Waals surface area contributed by atoms with Crippen molar-refractivity contribution in [3.8, 4) is 0 Å². The van der Waals surface area contributed by atoms with E-state index in [-0.39, 0.29) is 5.91 Å². The molecule has 1 amide bonds. The summed E-state index contributed by atoms with van der Waals surface area (Å²) in [6, 6.07) is 1.82. The van der Waals surface area contributed by atoms with Crippen LogP contribution in [0.1, 0.15) is 30.0 Å². The fourth-order valence-corrected chi connectivity index (χ4v) is 1.78. The minimum atomic E-state index is 0.0240. The van der Waals surface area contributed by atoms with Crippen molar-refractivity contribution in [3.63, 3.8) is 0 Å². The van der Waals surface area contributed by atoms with Crippen LogP contribution in [0.5, 0.6) is 0 Å². The number of aryl methyl sites for hydroxylation is 2. The summed E-state index contributed by atoms with van der Waals surface area (Å²) in [5, 5.41) is 4.19. The molecule has 0 aliphatic carbocycles. The SMILES string of the molecule is CCN(CC(C)CN)C(=O)c1cc(C)nn1C. The van der Waals surface area contributed by atoms with Crippen LogP contribution in [0.25, 0.3) is 0 Å². The van der Waals surface area contributed by atoms with Crippen molar-refractivity contribution >= 4 is 5.91 Å². The van der Waals surface area contributed by atoms with Crippen molar-refractivity contribution in [1.82, 2.24) is 14.7 Å². The molecule has 0 radical (unpaired) electrons. The average molecular weight is 238 g/mol. The third-order valence-corrected chi connectivity index (χ3v) is 2.82. The summed E-state index contributed by atoms with van der Waals surface area (Å²) in [5.41, 5.74) is 7.09. The topological polar surface area (TPSA) is 64.2 Å². The van der Waals surface area contributed by atoms with Gasteiger partial charge in [0.05, 0.1) is 5.69 Å². The second-order valence-electron chi connectivity index (χ2n) is 4.48.